The minimum Gasteiger partial charge on any atom is -0.496 e. The zero-order chi connectivity index (χ0) is 26.2. The van der Waals surface area contributed by atoms with E-state index in [1.54, 1.807) is 31.4 Å². The maximum atomic E-state index is 14.9. The highest BCUT2D eigenvalue weighted by Crippen LogP contribution is 2.23. The number of carbonyl (C=O) groups is 1. The smallest absolute Gasteiger partial charge is 0.258 e. The molecule has 37 heavy (non-hydrogen) atoms. The first-order chi connectivity index (χ1) is 17.9. The van der Waals surface area contributed by atoms with Gasteiger partial charge in [0.05, 0.1) is 13.2 Å². The molecule has 1 aliphatic rings. The molecule has 0 saturated carbocycles. The molecule has 1 aliphatic heterocycles. The maximum absolute atomic E-state index is 14.9. The number of nitrogens with zero attached hydrogens (tertiary/aromatic N) is 2. The van der Waals surface area contributed by atoms with Crippen LogP contribution in [0, 0.1) is 5.82 Å². The molecule has 8 heteroatoms. The van der Waals surface area contributed by atoms with Crippen molar-refractivity contribution in [2.24, 2.45) is 10.7 Å². The second-order valence-electron chi connectivity index (χ2n) is 9.24. The summed E-state index contributed by atoms with van der Waals surface area (Å²) in [6.45, 7) is 2.76. The van der Waals surface area contributed by atoms with Gasteiger partial charge < -0.3 is 15.4 Å². The summed E-state index contributed by atoms with van der Waals surface area (Å²) < 4.78 is 20.3. The number of halogens is 1. The molecule has 3 aromatic rings. The zero-order valence-corrected chi connectivity index (χ0v) is 21.1. The number of rotatable bonds is 9. The van der Waals surface area contributed by atoms with Crippen LogP contribution in [-0.2, 0) is 12.8 Å². The van der Waals surface area contributed by atoms with Crippen molar-refractivity contribution in [3.63, 3.8) is 0 Å². The van der Waals surface area contributed by atoms with Crippen LogP contribution in [0.4, 0.5) is 4.39 Å². The number of nitrogens with one attached hydrogen (secondary N) is 1. The quantitative estimate of drug-likeness (QED) is 0.270. The molecule has 0 aliphatic carbocycles. The van der Waals surface area contributed by atoms with Crippen LogP contribution in [0.5, 0.6) is 5.75 Å². The minimum absolute atomic E-state index is 0.00534. The highest BCUT2D eigenvalue weighted by atomic mass is 19.1. The third kappa shape index (κ3) is 6.98. The van der Waals surface area contributed by atoms with E-state index in [9.17, 15) is 9.18 Å². The SMILES string of the molecule is [B]c1ccc(OC)c(CCc2c(F)cccc2C(=O)NC(N)=NC(CN2CCCC2)c2ccccc2)c1. The first-order valence-corrected chi connectivity index (χ1v) is 12.6. The Kier molecular flexibility index (Phi) is 8.96. The van der Waals surface area contributed by atoms with Crippen LogP contribution >= 0.6 is 0 Å². The second-order valence-corrected chi connectivity index (χ2v) is 9.24. The van der Waals surface area contributed by atoms with Gasteiger partial charge in [0.25, 0.3) is 5.91 Å². The molecule has 2 radical (unpaired) electrons. The molecule has 190 valence electrons. The number of aliphatic imine (C=N–C) groups is 1. The summed E-state index contributed by atoms with van der Waals surface area (Å²) in [4.78, 5) is 20.2. The van der Waals surface area contributed by atoms with Crippen molar-refractivity contribution in [1.29, 1.82) is 0 Å². The number of hydrogen-bond acceptors (Lipinski definition) is 4. The molecule has 0 bridgehead atoms. The van der Waals surface area contributed by atoms with Gasteiger partial charge in [-0.15, -0.1) is 0 Å². The van der Waals surface area contributed by atoms with E-state index in [1.807, 2.05) is 30.3 Å². The minimum atomic E-state index is -0.497. The second kappa shape index (κ2) is 12.5. The maximum Gasteiger partial charge on any atom is 0.258 e. The summed E-state index contributed by atoms with van der Waals surface area (Å²) in [5, 5.41) is 2.68. The highest BCUT2D eigenvalue weighted by Gasteiger charge is 2.21. The van der Waals surface area contributed by atoms with Gasteiger partial charge in [-0.1, -0.05) is 54.0 Å². The third-order valence-corrected chi connectivity index (χ3v) is 6.66. The molecule has 1 fully saturated rings. The van der Waals surface area contributed by atoms with Crippen LogP contribution < -0.4 is 21.3 Å². The molecule has 0 spiro atoms. The van der Waals surface area contributed by atoms with Gasteiger partial charge >= 0.3 is 0 Å². The molecule has 1 amide bonds. The van der Waals surface area contributed by atoms with E-state index in [4.69, 9.17) is 18.3 Å². The van der Waals surface area contributed by atoms with Crippen molar-refractivity contribution in [2.45, 2.75) is 31.7 Å². The molecule has 6 nitrogen and oxygen atoms in total. The monoisotopic (exact) mass is 498 g/mol. The Morgan fingerprint density at radius 2 is 1.86 bits per heavy atom. The molecule has 1 unspecified atom stereocenters. The number of benzene rings is 3. The highest BCUT2D eigenvalue weighted by molar-refractivity contribution is 6.32. The van der Waals surface area contributed by atoms with E-state index < -0.39 is 11.7 Å². The average molecular weight is 498 g/mol. The largest absolute Gasteiger partial charge is 0.496 e. The van der Waals surface area contributed by atoms with E-state index >= 15 is 0 Å². The Balaban J connectivity index is 1.52. The fourth-order valence-electron chi connectivity index (χ4n) is 4.77. The molecular formula is C29H32BFN4O2. The number of methoxy groups -OCH3 is 1. The van der Waals surface area contributed by atoms with Crippen LogP contribution in [0.3, 0.4) is 0 Å². The van der Waals surface area contributed by atoms with Crippen LogP contribution in [0.25, 0.3) is 0 Å². The molecule has 1 atom stereocenters. The fourth-order valence-corrected chi connectivity index (χ4v) is 4.77. The molecule has 1 saturated heterocycles. The molecule has 4 rings (SSSR count). The summed E-state index contributed by atoms with van der Waals surface area (Å²) in [6.07, 6.45) is 3.07. The van der Waals surface area contributed by atoms with E-state index in [2.05, 4.69) is 15.2 Å². The van der Waals surface area contributed by atoms with Crippen LogP contribution in [0.15, 0.2) is 71.7 Å². The number of hydrogen-bond donors (Lipinski definition) is 2. The lowest BCUT2D eigenvalue weighted by Crippen LogP contribution is -2.38. The molecular weight excluding hydrogens is 466 g/mol. The van der Waals surface area contributed by atoms with Crippen molar-refractivity contribution in [3.05, 3.63) is 94.8 Å². The van der Waals surface area contributed by atoms with Crippen molar-refractivity contribution in [3.8, 4) is 5.75 Å². The lowest BCUT2D eigenvalue weighted by atomic mass is 9.91. The molecule has 3 N–H and O–H groups in total. The summed E-state index contributed by atoms with van der Waals surface area (Å²) in [6, 6.07) is 19.5. The number of guanidine groups is 1. The summed E-state index contributed by atoms with van der Waals surface area (Å²) in [5.41, 5.74) is 9.18. The summed E-state index contributed by atoms with van der Waals surface area (Å²) in [5.74, 6) is -0.283. The average Bonchev–Trinajstić information content (AvgIpc) is 3.41. The topological polar surface area (TPSA) is 79.9 Å². The molecule has 3 aromatic carbocycles. The summed E-state index contributed by atoms with van der Waals surface area (Å²) in [7, 11) is 7.50. The Hall–Kier alpha value is -3.65. The lowest BCUT2D eigenvalue weighted by molar-refractivity contribution is 0.0975. The normalized spacial score (nSPS) is 14.9. The predicted octanol–water partition coefficient (Wildman–Crippen LogP) is 3.29. The van der Waals surface area contributed by atoms with Gasteiger partial charge in [-0.05, 0) is 68.1 Å². The van der Waals surface area contributed by atoms with Crippen molar-refractivity contribution in [1.82, 2.24) is 10.2 Å². The number of ether oxygens (including phenoxy) is 1. The van der Waals surface area contributed by atoms with Gasteiger partial charge in [-0.2, -0.15) is 0 Å². The zero-order valence-electron chi connectivity index (χ0n) is 21.1. The van der Waals surface area contributed by atoms with Gasteiger partial charge in [0, 0.05) is 17.7 Å². The Morgan fingerprint density at radius 3 is 2.59 bits per heavy atom. The van der Waals surface area contributed by atoms with Crippen molar-refractivity contribution >= 4 is 25.2 Å². The number of nitrogens with two attached hydrogens (primary N) is 1. The predicted molar refractivity (Wildman–Crippen MR) is 146 cm³/mol. The Morgan fingerprint density at radius 1 is 1.11 bits per heavy atom. The van der Waals surface area contributed by atoms with Gasteiger partial charge in [0.1, 0.15) is 19.4 Å². The number of amides is 1. The molecule has 0 aromatic heterocycles. The summed E-state index contributed by atoms with van der Waals surface area (Å²) >= 11 is 0. The van der Waals surface area contributed by atoms with Crippen molar-refractivity contribution < 1.29 is 13.9 Å². The fraction of sp³-hybridized carbons (Fsp3) is 0.310. The molecule has 1 heterocycles. The Bertz CT molecular complexity index is 1250. The number of carbonyl (C=O) groups excluding carboxylic acids is 1. The van der Waals surface area contributed by atoms with E-state index in [0.717, 1.165) is 24.2 Å². The standard InChI is InChI=1S/C29H32BFN4O2/c1-37-27-15-13-22(30)18-21(27)12-14-23-24(10-7-11-25(23)31)28(36)34-29(32)33-26(19-35-16-5-6-17-35)20-8-3-2-4-9-20/h2-4,7-11,13,15,18,26H,5-6,12,14,16-17,19H2,1H3,(H3,32,33,34,36). The van der Waals surface area contributed by atoms with Gasteiger partial charge in [-0.25, -0.2) is 9.38 Å². The van der Waals surface area contributed by atoms with Crippen LogP contribution in [0.1, 0.15) is 45.9 Å². The lowest BCUT2D eigenvalue weighted by Gasteiger charge is -2.21. The van der Waals surface area contributed by atoms with Gasteiger partial charge in [-0.3, -0.25) is 10.1 Å². The Labute approximate surface area is 219 Å². The van der Waals surface area contributed by atoms with Crippen LogP contribution in [0.2, 0.25) is 0 Å². The van der Waals surface area contributed by atoms with E-state index in [0.29, 0.717) is 29.7 Å². The first-order valence-electron chi connectivity index (χ1n) is 12.6. The third-order valence-electron chi connectivity index (χ3n) is 6.66. The van der Waals surface area contributed by atoms with Crippen LogP contribution in [-0.4, -0.2) is 51.4 Å². The van der Waals surface area contributed by atoms with Gasteiger partial charge in [0.2, 0.25) is 0 Å². The number of aryl methyl sites for hydroxylation is 1. The first kappa shape index (κ1) is 26.4. The van der Waals surface area contributed by atoms with Gasteiger partial charge in [0.15, 0.2) is 5.96 Å². The van der Waals surface area contributed by atoms with Crippen molar-refractivity contribution in [2.75, 3.05) is 26.7 Å². The van der Waals surface area contributed by atoms with E-state index in [-0.39, 0.29) is 24.0 Å². The number of likely N-dealkylation sites (tertiary alicyclic amines) is 1. The van der Waals surface area contributed by atoms with E-state index in [1.165, 1.54) is 25.0 Å².